The molecule has 0 aliphatic heterocycles. The summed E-state index contributed by atoms with van der Waals surface area (Å²) in [6, 6.07) is 16.8. The van der Waals surface area contributed by atoms with E-state index in [0.717, 1.165) is 69.4 Å². The Balaban J connectivity index is 1.53. The molecule has 5 aromatic rings. The number of aromatic nitrogens is 8. The Kier molecular flexibility index (Phi) is 7.10. The number of imidazole rings is 1. The molecular weight excluding hydrogens is 476 g/mol. The fourth-order valence-electron chi connectivity index (χ4n) is 4.20. The van der Waals surface area contributed by atoms with Crippen LogP contribution in [0.2, 0.25) is 0 Å². The van der Waals surface area contributed by atoms with Gasteiger partial charge in [-0.15, -0.1) is 43.9 Å². The predicted molar refractivity (Wildman–Crippen MR) is 142 cm³/mol. The van der Waals surface area contributed by atoms with Crippen molar-refractivity contribution in [2.45, 2.75) is 42.8 Å². The molecular formula is C25H26N8S2. The van der Waals surface area contributed by atoms with Crippen LogP contribution >= 0.6 is 23.5 Å². The lowest BCUT2D eigenvalue weighted by atomic mass is 9.98. The van der Waals surface area contributed by atoms with Gasteiger partial charge in [-0.1, -0.05) is 61.9 Å². The van der Waals surface area contributed by atoms with Crippen molar-refractivity contribution in [3.63, 3.8) is 0 Å². The Morgan fingerprint density at radius 2 is 1.63 bits per heavy atom. The van der Waals surface area contributed by atoms with E-state index in [1.807, 2.05) is 30.7 Å². The predicted octanol–water partition coefficient (Wildman–Crippen LogP) is 5.51. The molecule has 3 aromatic heterocycles. The van der Waals surface area contributed by atoms with E-state index in [2.05, 4.69) is 72.6 Å². The van der Waals surface area contributed by atoms with Crippen LogP contribution in [0.1, 0.15) is 31.2 Å². The van der Waals surface area contributed by atoms with E-state index in [9.17, 15) is 0 Å². The maximum Gasteiger partial charge on any atom is 0.205 e. The number of tetrazole rings is 1. The minimum absolute atomic E-state index is 0.588. The quantitative estimate of drug-likeness (QED) is 0.264. The average molecular weight is 503 g/mol. The fourth-order valence-corrected chi connectivity index (χ4v) is 5.18. The van der Waals surface area contributed by atoms with E-state index >= 15 is 0 Å². The fraction of sp³-hybridized carbons (Fsp3) is 0.280. The molecule has 0 fully saturated rings. The van der Waals surface area contributed by atoms with Gasteiger partial charge >= 0.3 is 0 Å². The Hall–Kier alpha value is -3.24. The largest absolute Gasteiger partial charge is 0.321 e. The zero-order valence-corrected chi connectivity index (χ0v) is 21.5. The van der Waals surface area contributed by atoms with Gasteiger partial charge in [0.15, 0.2) is 0 Å². The topological polar surface area (TPSA) is 98.1 Å². The number of hydrogen-bond acceptors (Lipinski definition) is 8. The zero-order chi connectivity index (χ0) is 24.2. The molecule has 0 radical (unpaired) electrons. The SMILES string of the molecule is CCCCc1nc2c(SC)nnc(SC)c2n1Cc1ccc(-c2ccccc2-c2nn[nH]n2)cc1. The summed E-state index contributed by atoms with van der Waals surface area (Å²) in [7, 11) is 0. The first-order chi connectivity index (χ1) is 17.2. The van der Waals surface area contributed by atoms with Gasteiger partial charge in [-0.25, -0.2) is 4.98 Å². The van der Waals surface area contributed by atoms with E-state index in [4.69, 9.17) is 4.98 Å². The van der Waals surface area contributed by atoms with Gasteiger partial charge in [0.2, 0.25) is 5.82 Å². The molecule has 0 atom stereocenters. The molecule has 0 bridgehead atoms. The van der Waals surface area contributed by atoms with Crippen molar-refractivity contribution in [3.05, 3.63) is 59.9 Å². The average Bonchev–Trinajstić information content (AvgIpc) is 3.56. The molecule has 5 rings (SSSR count). The Bertz CT molecular complexity index is 1430. The number of benzene rings is 2. The summed E-state index contributed by atoms with van der Waals surface area (Å²) >= 11 is 3.21. The summed E-state index contributed by atoms with van der Waals surface area (Å²) in [4.78, 5) is 5.03. The van der Waals surface area contributed by atoms with Crippen LogP contribution in [0.3, 0.4) is 0 Å². The Morgan fingerprint density at radius 1 is 0.886 bits per heavy atom. The Labute approximate surface area is 212 Å². The van der Waals surface area contributed by atoms with Crippen LogP contribution in [0.5, 0.6) is 0 Å². The highest BCUT2D eigenvalue weighted by Gasteiger charge is 2.19. The van der Waals surface area contributed by atoms with Gasteiger partial charge in [-0.2, -0.15) is 5.21 Å². The maximum absolute atomic E-state index is 5.03. The van der Waals surface area contributed by atoms with Gasteiger partial charge in [0.1, 0.15) is 26.9 Å². The van der Waals surface area contributed by atoms with Gasteiger partial charge in [0.25, 0.3) is 0 Å². The van der Waals surface area contributed by atoms with Crippen molar-refractivity contribution < 1.29 is 0 Å². The summed E-state index contributed by atoms with van der Waals surface area (Å²) < 4.78 is 2.33. The highest BCUT2D eigenvalue weighted by molar-refractivity contribution is 7.99. The van der Waals surface area contributed by atoms with E-state index in [-0.39, 0.29) is 0 Å². The van der Waals surface area contributed by atoms with Crippen LogP contribution in [0.4, 0.5) is 0 Å². The number of H-pyrrole nitrogens is 1. The number of nitrogens with one attached hydrogen (secondary N) is 1. The number of rotatable bonds is 9. The monoisotopic (exact) mass is 502 g/mol. The van der Waals surface area contributed by atoms with Crippen molar-refractivity contribution in [2.24, 2.45) is 0 Å². The molecule has 2 aromatic carbocycles. The number of aryl methyl sites for hydroxylation is 1. The van der Waals surface area contributed by atoms with E-state index in [1.165, 1.54) is 5.56 Å². The third-order valence-electron chi connectivity index (χ3n) is 5.94. The lowest BCUT2D eigenvalue weighted by molar-refractivity contribution is 0.686. The molecule has 0 unspecified atom stereocenters. The minimum Gasteiger partial charge on any atom is -0.321 e. The first kappa shape index (κ1) is 23.5. The van der Waals surface area contributed by atoms with Crippen LogP contribution in [-0.2, 0) is 13.0 Å². The molecule has 0 amide bonds. The van der Waals surface area contributed by atoms with E-state index in [0.29, 0.717) is 5.82 Å². The molecule has 0 saturated carbocycles. The van der Waals surface area contributed by atoms with Crippen LogP contribution in [-0.4, -0.2) is 52.9 Å². The van der Waals surface area contributed by atoms with Gasteiger partial charge in [-0.3, -0.25) is 0 Å². The van der Waals surface area contributed by atoms with Gasteiger partial charge < -0.3 is 4.57 Å². The summed E-state index contributed by atoms with van der Waals surface area (Å²) in [5, 5.41) is 25.3. The molecule has 0 spiro atoms. The van der Waals surface area contributed by atoms with Crippen LogP contribution in [0, 0.1) is 0 Å². The Morgan fingerprint density at radius 3 is 2.31 bits per heavy atom. The summed E-state index contributed by atoms with van der Waals surface area (Å²) in [6.07, 6.45) is 7.22. The van der Waals surface area contributed by atoms with Crippen LogP contribution in [0.25, 0.3) is 33.5 Å². The molecule has 0 saturated heterocycles. The van der Waals surface area contributed by atoms with E-state index in [1.54, 1.807) is 23.5 Å². The third kappa shape index (κ3) is 4.68. The number of aromatic amines is 1. The normalized spacial score (nSPS) is 11.4. The lowest BCUT2D eigenvalue weighted by Gasteiger charge is -2.12. The summed E-state index contributed by atoms with van der Waals surface area (Å²) in [5.41, 5.74) is 6.36. The first-order valence-corrected chi connectivity index (χ1v) is 13.9. The smallest absolute Gasteiger partial charge is 0.205 e. The number of hydrogen-bond donors (Lipinski definition) is 1. The molecule has 0 aliphatic rings. The zero-order valence-electron chi connectivity index (χ0n) is 19.9. The molecule has 10 heteroatoms. The lowest BCUT2D eigenvalue weighted by Crippen LogP contribution is -2.06. The number of thioether (sulfide) groups is 2. The molecule has 8 nitrogen and oxygen atoms in total. The second-order valence-corrected chi connectivity index (χ2v) is 9.70. The van der Waals surface area contributed by atoms with Gasteiger partial charge in [0, 0.05) is 18.5 Å². The van der Waals surface area contributed by atoms with Crippen molar-refractivity contribution in [1.82, 2.24) is 40.4 Å². The second kappa shape index (κ2) is 10.6. The van der Waals surface area contributed by atoms with Crippen molar-refractivity contribution in [1.29, 1.82) is 0 Å². The van der Waals surface area contributed by atoms with Gasteiger partial charge in [-0.05, 0) is 40.8 Å². The van der Waals surface area contributed by atoms with E-state index < -0.39 is 0 Å². The molecule has 3 heterocycles. The van der Waals surface area contributed by atoms with Crippen molar-refractivity contribution in [2.75, 3.05) is 12.5 Å². The van der Waals surface area contributed by atoms with Crippen molar-refractivity contribution in [3.8, 4) is 22.5 Å². The van der Waals surface area contributed by atoms with Crippen LogP contribution in [0.15, 0.2) is 58.6 Å². The third-order valence-corrected chi connectivity index (χ3v) is 7.27. The van der Waals surface area contributed by atoms with Crippen LogP contribution < -0.4 is 0 Å². The number of fused-ring (bicyclic) bond motifs is 1. The number of unbranched alkanes of at least 4 members (excludes halogenated alkanes) is 1. The van der Waals surface area contributed by atoms with Gasteiger partial charge in [0.05, 0.1) is 0 Å². The first-order valence-electron chi connectivity index (χ1n) is 11.5. The minimum atomic E-state index is 0.588. The molecule has 1 N–H and O–H groups in total. The summed E-state index contributed by atoms with van der Waals surface area (Å²) in [6.45, 7) is 2.94. The maximum atomic E-state index is 5.03. The molecule has 35 heavy (non-hydrogen) atoms. The second-order valence-electron chi connectivity index (χ2n) is 8.11. The molecule has 0 aliphatic carbocycles. The highest BCUT2D eigenvalue weighted by atomic mass is 32.2. The number of nitrogens with zero attached hydrogens (tertiary/aromatic N) is 7. The molecule has 178 valence electrons. The standard InChI is InChI=1S/C25H26N8S2/c1-4-5-10-20-26-21-22(25(35-3)30-29-24(21)34-2)33(20)15-16-11-13-17(14-12-16)18-8-6-7-9-19(18)23-27-31-32-28-23/h6-9,11-14H,4-5,10,15H2,1-3H3,(H,27,28,31,32). The summed E-state index contributed by atoms with van der Waals surface area (Å²) in [5.74, 6) is 1.68. The van der Waals surface area contributed by atoms with Crippen molar-refractivity contribution >= 4 is 34.6 Å². The highest BCUT2D eigenvalue weighted by Crippen LogP contribution is 2.33.